The summed E-state index contributed by atoms with van der Waals surface area (Å²) in [6, 6.07) is 6.55. The average Bonchev–Trinajstić information content (AvgIpc) is 2.88. The number of thiophene rings is 1. The number of aryl methyl sites for hydroxylation is 1. The summed E-state index contributed by atoms with van der Waals surface area (Å²) in [5.74, 6) is -0.946. The minimum atomic E-state index is -1.05. The number of nitrogens with zero attached hydrogens (tertiary/aromatic N) is 1. The molecule has 0 saturated carbocycles. The highest BCUT2D eigenvalue weighted by atomic mass is 32.1. The van der Waals surface area contributed by atoms with Crippen molar-refractivity contribution in [2.45, 2.75) is 13.3 Å². The van der Waals surface area contributed by atoms with Gasteiger partial charge in [-0.1, -0.05) is 6.92 Å². The van der Waals surface area contributed by atoms with Crippen molar-refractivity contribution in [3.8, 4) is 0 Å². The smallest absolute Gasteiger partial charge is 0.337 e. The van der Waals surface area contributed by atoms with E-state index in [2.05, 4.69) is 10.3 Å². The number of amides is 1. The van der Waals surface area contributed by atoms with E-state index in [1.807, 2.05) is 13.0 Å². The third kappa shape index (κ3) is 3.17. The predicted octanol–water partition coefficient (Wildman–Crippen LogP) is 2.66. The van der Waals surface area contributed by atoms with Gasteiger partial charge in [-0.3, -0.25) is 4.79 Å². The number of aromatic carboxylic acids is 1. The third-order valence-corrected chi connectivity index (χ3v) is 3.71. The molecule has 0 spiro atoms. The van der Waals surface area contributed by atoms with Gasteiger partial charge in [0.1, 0.15) is 5.82 Å². The first-order valence-electron chi connectivity index (χ1n) is 5.69. The van der Waals surface area contributed by atoms with Crippen molar-refractivity contribution < 1.29 is 14.7 Å². The summed E-state index contributed by atoms with van der Waals surface area (Å²) in [5.41, 5.74) is 0.0855. The Morgan fingerprint density at radius 3 is 2.63 bits per heavy atom. The molecule has 2 rings (SSSR count). The lowest BCUT2D eigenvalue weighted by Gasteiger charge is -2.02. The van der Waals surface area contributed by atoms with E-state index >= 15 is 0 Å². The Bertz CT molecular complexity index is 605. The maximum atomic E-state index is 11.9. The molecule has 0 bridgehead atoms. The van der Waals surface area contributed by atoms with Crippen LogP contribution in [0.15, 0.2) is 30.5 Å². The minimum absolute atomic E-state index is 0.0855. The van der Waals surface area contributed by atoms with Gasteiger partial charge in [0.05, 0.1) is 10.4 Å². The van der Waals surface area contributed by atoms with Gasteiger partial charge in [0.2, 0.25) is 0 Å². The van der Waals surface area contributed by atoms with Crippen LogP contribution in [0.3, 0.4) is 0 Å². The molecule has 0 aliphatic heterocycles. The van der Waals surface area contributed by atoms with Crippen LogP contribution >= 0.6 is 11.3 Å². The number of anilines is 1. The number of aromatic nitrogens is 1. The Balaban J connectivity index is 2.08. The number of rotatable bonds is 4. The molecule has 98 valence electrons. The molecule has 6 heteroatoms. The van der Waals surface area contributed by atoms with Crippen LogP contribution in [0.25, 0.3) is 0 Å². The zero-order chi connectivity index (χ0) is 13.8. The van der Waals surface area contributed by atoms with Crippen LogP contribution in [-0.2, 0) is 6.42 Å². The normalized spacial score (nSPS) is 10.2. The Kier molecular flexibility index (Phi) is 3.91. The standard InChI is InChI=1S/C13H12N2O3S/c1-2-9-4-5-10(19-9)12(16)15-11-6-3-8(7-14-11)13(17)18/h3-7H,2H2,1H3,(H,17,18)(H,14,15,16). The zero-order valence-electron chi connectivity index (χ0n) is 10.2. The number of nitrogens with one attached hydrogen (secondary N) is 1. The van der Waals surface area contributed by atoms with Gasteiger partial charge in [-0.05, 0) is 30.7 Å². The van der Waals surface area contributed by atoms with Crippen molar-refractivity contribution in [3.05, 3.63) is 45.8 Å². The molecule has 5 nitrogen and oxygen atoms in total. The lowest BCUT2D eigenvalue weighted by Crippen LogP contribution is -2.11. The van der Waals surface area contributed by atoms with E-state index in [0.29, 0.717) is 10.7 Å². The molecule has 0 aliphatic rings. The molecule has 1 amide bonds. The fourth-order valence-corrected chi connectivity index (χ4v) is 2.30. The van der Waals surface area contributed by atoms with E-state index in [9.17, 15) is 9.59 Å². The molecular weight excluding hydrogens is 264 g/mol. The molecule has 2 heterocycles. The van der Waals surface area contributed by atoms with Gasteiger partial charge in [-0.15, -0.1) is 11.3 Å². The topological polar surface area (TPSA) is 79.3 Å². The van der Waals surface area contributed by atoms with E-state index in [1.165, 1.54) is 29.7 Å². The molecule has 0 unspecified atom stereocenters. The first-order valence-corrected chi connectivity index (χ1v) is 6.51. The number of carbonyl (C=O) groups is 2. The van der Waals surface area contributed by atoms with Crippen LogP contribution in [-0.4, -0.2) is 22.0 Å². The van der Waals surface area contributed by atoms with Crippen LogP contribution in [0.4, 0.5) is 5.82 Å². The van der Waals surface area contributed by atoms with Gasteiger partial charge in [0.25, 0.3) is 5.91 Å². The summed E-state index contributed by atoms with van der Waals surface area (Å²) in [4.78, 5) is 28.2. The van der Waals surface area contributed by atoms with Crippen LogP contribution in [0, 0.1) is 0 Å². The van der Waals surface area contributed by atoms with Crippen molar-refractivity contribution in [2.24, 2.45) is 0 Å². The van der Waals surface area contributed by atoms with Crippen molar-refractivity contribution >= 4 is 29.0 Å². The highest BCUT2D eigenvalue weighted by Crippen LogP contribution is 2.18. The molecule has 0 atom stereocenters. The van der Waals surface area contributed by atoms with Gasteiger partial charge in [0, 0.05) is 11.1 Å². The van der Waals surface area contributed by atoms with Gasteiger partial charge in [-0.25, -0.2) is 9.78 Å². The second kappa shape index (κ2) is 5.62. The Labute approximate surface area is 113 Å². The van der Waals surface area contributed by atoms with E-state index in [-0.39, 0.29) is 11.5 Å². The summed E-state index contributed by atoms with van der Waals surface area (Å²) in [7, 11) is 0. The summed E-state index contributed by atoms with van der Waals surface area (Å²) >= 11 is 1.43. The van der Waals surface area contributed by atoms with Gasteiger partial charge >= 0.3 is 5.97 Å². The molecule has 0 fully saturated rings. The first-order chi connectivity index (χ1) is 9.10. The Hall–Kier alpha value is -2.21. The molecule has 2 aromatic rings. The van der Waals surface area contributed by atoms with E-state index in [1.54, 1.807) is 6.07 Å². The maximum absolute atomic E-state index is 11.9. The number of hydrogen-bond donors (Lipinski definition) is 2. The van der Waals surface area contributed by atoms with Crippen molar-refractivity contribution in [3.63, 3.8) is 0 Å². The lowest BCUT2D eigenvalue weighted by molar-refractivity contribution is 0.0696. The van der Waals surface area contributed by atoms with E-state index in [0.717, 1.165) is 11.3 Å². The second-order valence-corrected chi connectivity index (χ2v) is 4.98. The van der Waals surface area contributed by atoms with Crippen LogP contribution in [0.2, 0.25) is 0 Å². The molecule has 0 aromatic carbocycles. The van der Waals surface area contributed by atoms with Crippen LogP contribution < -0.4 is 5.32 Å². The quantitative estimate of drug-likeness (QED) is 0.899. The number of pyridine rings is 1. The summed E-state index contributed by atoms with van der Waals surface area (Å²) < 4.78 is 0. The first kappa shape index (κ1) is 13.2. The van der Waals surface area contributed by atoms with Gasteiger partial charge < -0.3 is 10.4 Å². The molecular formula is C13H12N2O3S. The maximum Gasteiger partial charge on any atom is 0.337 e. The number of carbonyl (C=O) groups excluding carboxylic acids is 1. The minimum Gasteiger partial charge on any atom is -0.478 e. The zero-order valence-corrected chi connectivity index (χ0v) is 11.0. The third-order valence-electron chi connectivity index (χ3n) is 2.49. The highest BCUT2D eigenvalue weighted by molar-refractivity contribution is 7.14. The average molecular weight is 276 g/mol. The highest BCUT2D eigenvalue weighted by Gasteiger charge is 2.10. The number of carboxylic acid groups (broad SMARTS) is 1. The fraction of sp³-hybridized carbons (Fsp3) is 0.154. The summed E-state index contributed by atoms with van der Waals surface area (Å²) in [5, 5.41) is 11.4. The van der Waals surface area contributed by atoms with Crippen molar-refractivity contribution in [2.75, 3.05) is 5.32 Å². The predicted molar refractivity (Wildman–Crippen MR) is 72.8 cm³/mol. The van der Waals surface area contributed by atoms with E-state index in [4.69, 9.17) is 5.11 Å². The van der Waals surface area contributed by atoms with Crippen molar-refractivity contribution in [1.82, 2.24) is 4.98 Å². The Morgan fingerprint density at radius 2 is 2.11 bits per heavy atom. The van der Waals surface area contributed by atoms with Crippen molar-refractivity contribution in [1.29, 1.82) is 0 Å². The molecule has 2 aromatic heterocycles. The fourth-order valence-electron chi connectivity index (χ4n) is 1.46. The molecule has 0 saturated heterocycles. The summed E-state index contributed by atoms with van der Waals surface area (Å²) in [6.07, 6.45) is 2.10. The summed E-state index contributed by atoms with van der Waals surface area (Å²) in [6.45, 7) is 2.03. The molecule has 0 radical (unpaired) electrons. The Morgan fingerprint density at radius 1 is 1.32 bits per heavy atom. The molecule has 0 aliphatic carbocycles. The van der Waals surface area contributed by atoms with Crippen LogP contribution in [0.1, 0.15) is 31.8 Å². The van der Waals surface area contributed by atoms with Gasteiger partial charge in [0.15, 0.2) is 0 Å². The SMILES string of the molecule is CCc1ccc(C(=O)Nc2ccc(C(=O)O)cn2)s1. The molecule has 2 N–H and O–H groups in total. The lowest BCUT2D eigenvalue weighted by atomic mass is 10.3. The monoisotopic (exact) mass is 276 g/mol. The van der Waals surface area contributed by atoms with E-state index < -0.39 is 5.97 Å². The van der Waals surface area contributed by atoms with Gasteiger partial charge in [-0.2, -0.15) is 0 Å². The number of carboxylic acids is 1. The number of hydrogen-bond acceptors (Lipinski definition) is 4. The van der Waals surface area contributed by atoms with Crippen LogP contribution in [0.5, 0.6) is 0 Å². The largest absolute Gasteiger partial charge is 0.478 e. The molecule has 19 heavy (non-hydrogen) atoms. The second-order valence-electron chi connectivity index (χ2n) is 3.81.